The van der Waals surface area contributed by atoms with Gasteiger partial charge in [0.15, 0.2) is 0 Å². The molecule has 0 bridgehead atoms. The number of sulfonamides is 1. The van der Waals surface area contributed by atoms with Crippen LogP contribution in [0.25, 0.3) is 0 Å². The highest BCUT2D eigenvalue weighted by atomic mass is 35.5. The fraction of sp³-hybridized carbons (Fsp3) is 0.188. The Balaban J connectivity index is 2.20. The zero-order valence-electron chi connectivity index (χ0n) is 13.0. The van der Waals surface area contributed by atoms with E-state index in [-0.39, 0.29) is 27.7 Å². The normalized spacial score (nSPS) is 11.5. The van der Waals surface area contributed by atoms with Crippen LogP contribution >= 0.6 is 11.6 Å². The molecule has 0 spiro atoms. The lowest BCUT2D eigenvalue weighted by atomic mass is 10.2. The standard InChI is InChI=1S/C16H15ClFNO4S/c1-19(2)24(21,22)12-6-3-5-11(9-12)16(20)23-10-13-14(17)7-4-8-15(13)18/h3-9H,10H2,1-2H3. The van der Waals surface area contributed by atoms with Crippen LogP contribution in [0.5, 0.6) is 0 Å². The average Bonchev–Trinajstić information content (AvgIpc) is 2.54. The summed E-state index contributed by atoms with van der Waals surface area (Å²) in [6.45, 7) is -0.352. The van der Waals surface area contributed by atoms with Crippen molar-refractivity contribution in [2.75, 3.05) is 14.1 Å². The molecule has 0 aliphatic rings. The van der Waals surface area contributed by atoms with Crippen molar-refractivity contribution in [2.24, 2.45) is 0 Å². The minimum absolute atomic E-state index is 0.0362. The van der Waals surface area contributed by atoms with E-state index >= 15 is 0 Å². The van der Waals surface area contributed by atoms with Crippen molar-refractivity contribution in [1.29, 1.82) is 0 Å². The van der Waals surface area contributed by atoms with Gasteiger partial charge in [0, 0.05) is 19.7 Å². The molecule has 0 radical (unpaired) electrons. The maximum absolute atomic E-state index is 13.7. The van der Waals surface area contributed by atoms with Crippen molar-refractivity contribution < 1.29 is 22.3 Å². The summed E-state index contributed by atoms with van der Waals surface area (Å²) in [5.41, 5.74) is 0.106. The van der Waals surface area contributed by atoms with Crippen LogP contribution in [0, 0.1) is 5.82 Å². The fourth-order valence-electron chi connectivity index (χ4n) is 1.89. The van der Waals surface area contributed by atoms with E-state index < -0.39 is 21.8 Å². The monoisotopic (exact) mass is 371 g/mol. The van der Waals surface area contributed by atoms with Crippen molar-refractivity contribution in [3.63, 3.8) is 0 Å². The number of benzene rings is 2. The van der Waals surface area contributed by atoms with E-state index in [0.717, 1.165) is 4.31 Å². The lowest BCUT2D eigenvalue weighted by Gasteiger charge is -2.12. The first-order valence-corrected chi connectivity index (χ1v) is 8.68. The summed E-state index contributed by atoms with van der Waals surface area (Å²) >= 11 is 5.86. The minimum atomic E-state index is -3.67. The van der Waals surface area contributed by atoms with Gasteiger partial charge in [-0.25, -0.2) is 21.9 Å². The molecule has 8 heteroatoms. The molecule has 0 unspecified atom stereocenters. The molecule has 0 heterocycles. The predicted octanol–water partition coefficient (Wildman–Crippen LogP) is 3.09. The highest BCUT2D eigenvalue weighted by molar-refractivity contribution is 7.89. The zero-order valence-corrected chi connectivity index (χ0v) is 14.6. The number of esters is 1. The molecular formula is C16H15ClFNO4S. The minimum Gasteiger partial charge on any atom is -0.457 e. The molecule has 2 aromatic carbocycles. The molecule has 0 amide bonds. The van der Waals surface area contributed by atoms with Gasteiger partial charge in [-0.15, -0.1) is 0 Å². The molecule has 0 aliphatic carbocycles. The molecule has 128 valence electrons. The number of carbonyl (C=O) groups excluding carboxylic acids is 1. The van der Waals surface area contributed by atoms with E-state index in [1.807, 2.05) is 0 Å². The van der Waals surface area contributed by atoms with Crippen LogP contribution < -0.4 is 0 Å². The highest BCUT2D eigenvalue weighted by Gasteiger charge is 2.19. The van der Waals surface area contributed by atoms with Crippen LogP contribution in [-0.2, 0) is 21.4 Å². The molecule has 0 aliphatic heterocycles. The Hall–Kier alpha value is -1.96. The van der Waals surface area contributed by atoms with Crippen molar-refractivity contribution >= 4 is 27.6 Å². The van der Waals surface area contributed by atoms with Crippen LogP contribution in [0.15, 0.2) is 47.4 Å². The first-order chi connectivity index (χ1) is 11.2. The Labute approximate surface area is 144 Å². The van der Waals surface area contributed by atoms with Gasteiger partial charge < -0.3 is 4.74 Å². The van der Waals surface area contributed by atoms with E-state index in [4.69, 9.17) is 16.3 Å². The molecule has 5 nitrogen and oxygen atoms in total. The lowest BCUT2D eigenvalue weighted by Crippen LogP contribution is -2.22. The van der Waals surface area contributed by atoms with Crippen LogP contribution in [0.4, 0.5) is 4.39 Å². The fourth-order valence-corrected chi connectivity index (χ4v) is 3.05. The van der Waals surface area contributed by atoms with Crippen LogP contribution in [0.3, 0.4) is 0 Å². The summed E-state index contributed by atoms with van der Waals surface area (Å²) in [4.78, 5) is 12.1. The maximum atomic E-state index is 13.7. The molecular weight excluding hydrogens is 357 g/mol. The van der Waals surface area contributed by atoms with Crippen LogP contribution in [0.1, 0.15) is 15.9 Å². The van der Waals surface area contributed by atoms with Gasteiger partial charge in [-0.05, 0) is 30.3 Å². The van der Waals surface area contributed by atoms with E-state index in [2.05, 4.69) is 0 Å². The van der Waals surface area contributed by atoms with Crippen LogP contribution in [-0.4, -0.2) is 32.8 Å². The largest absolute Gasteiger partial charge is 0.457 e. The number of hydrogen-bond acceptors (Lipinski definition) is 4. The average molecular weight is 372 g/mol. The van der Waals surface area contributed by atoms with Crippen molar-refractivity contribution in [2.45, 2.75) is 11.5 Å². The predicted molar refractivity (Wildman–Crippen MR) is 87.8 cm³/mol. The first-order valence-electron chi connectivity index (χ1n) is 6.86. The Morgan fingerprint density at radius 1 is 1.21 bits per heavy atom. The number of nitrogens with zero attached hydrogens (tertiary/aromatic N) is 1. The van der Waals surface area contributed by atoms with E-state index in [9.17, 15) is 17.6 Å². The topological polar surface area (TPSA) is 63.7 Å². The molecule has 0 fully saturated rings. The van der Waals surface area contributed by atoms with Crippen molar-refractivity contribution in [1.82, 2.24) is 4.31 Å². The first kappa shape index (κ1) is 18.4. The summed E-state index contributed by atoms with van der Waals surface area (Å²) in [6.07, 6.45) is 0. The van der Waals surface area contributed by atoms with Gasteiger partial charge >= 0.3 is 5.97 Å². The molecule has 0 atom stereocenters. The van der Waals surface area contributed by atoms with Crippen molar-refractivity contribution in [3.05, 3.63) is 64.4 Å². The molecule has 2 rings (SSSR count). The SMILES string of the molecule is CN(C)S(=O)(=O)c1cccc(C(=O)OCc2c(F)cccc2Cl)c1. The molecule has 0 saturated heterocycles. The summed E-state index contributed by atoms with van der Waals surface area (Å²) in [6, 6.07) is 9.57. The van der Waals surface area contributed by atoms with E-state index in [0.29, 0.717) is 0 Å². The quantitative estimate of drug-likeness (QED) is 0.758. The molecule has 0 N–H and O–H groups in total. The molecule has 0 aromatic heterocycles. The third-order valence-corrected chi connectivity index (χ3v) is 5.42. The Morgan fingerprint density at radius 2 is 1.88 bits per heavy atom. The van der Waals surface area contributed by atoms with Gasteiger partial charge in [0.2, 0.25) is 10.0 Å². The number of halogens is 2. The van der Waals surface area contributed by atoms with Crippen molar-refractivity contribution in [3.8, 4) is 0 Å². The second kappa shape index (κ2) is 7.29. The molecule has 24 heavy (non-hydrogen) atoms. The molecule has 2 aromatic rings. The Kier molecular flexibility index (Phi) is 5.58. The Morgan fingerprint density at radius 3 is 2.50 bits per heavy atom. The number of ether oxygens (including phenoxy) is 1. The van der Waals surface area contributed by atoms with Gasteiger partial charge in [-0.1, -0.05) is 23.7 Å². The zero-order chi connectivity index (χ0) is 17.9. The van der Waals surface area contributed by atoms with Gasteiger partial charge in [0.1, 0.15) is 12.4 Å². The number of hydrogen-bond donors (Lipinski definition) is 0. The summed E-state index contributed by atoms with van der Waals surface area (Å²) in [5.74, 6) is -1.36. The van der Waals surface area contributed by atoms with Gasteiger partial charge in [0.25, 0.3) is 0 Å². The second-order valence-electron chi connectivity index (χ2n) is 5.09. The highest BCUT2D eigenvalue weighted by Crippen LogP contribution is 2.21. The molecule has 0 saturated carbocycles. The smallest absolute Gasteiger partial charge is 0.338 e. The van der Waals surface area contributed by atoms with Crippen LogP contribution in [0.2, 0.25) is 5.02 Å². The van der Waals surface area contributed by atoms with E-state index in [1.165, 1.54) is 56.6 Å². The third kappa shape index (κ3) is 3.92. The summed E-state index contributed by atoms with van der Waals surface area (Å²) in [7, 11) is -0.890. The number of rotatable bonds is 5. The summed E-state index contributed by atoms with van der Waals surface area (Å²) in [5, 5.41) is 0.145. The van der Waals surface area contributed by atoms with E-state index in [1.54, 1.807) is 0 Å². The van der Waals surface area contributed by atoms with Gasteiger partial charge in [0.05, 0.1) is 15.5 Å². The third-order valence-electron chi connectivity index (χ3n) is 3.26. The summed E-state index contributed by atoms with van der Waals surface area (Å²) < 4.78 is 43.9. The second-order valence-corrected chi connectivity index (χ2v) is 7.65. The van der Waals surface area contributed by atoms with Gasteiger partial charge in [-0.2, -0.15) is 0 Å². The lowest BCUT2D eigenvalue weighted by molar-refractivity contribution is 0.0469. The van der Waals surface area contributed by atoms with Gasteiger partial charge in [-0.3, -0.25) is 0 Å². The number of carbonyl (C=O) groups is 1. The maximum Gasteiger partial charge on any atom is 0.338 e. The Bertz CT molecular complexity index is 848.